The summed E-state index contributed by atoms with van der Waals surface area (Å²) in [6, 6.07) is 55.5. The van der Waals surface area contributed by atoms with Gasteiger partial charge in [-0.15, -0.1) is 11.3 Å². The van der Waals surface area contributed by atoms with Gasteiger partial charge in [-0.3, -0.25) is 0 Å². The van der Waals surface area contributed by atoms with Crippen molar-refractivity contribution in [3.8, 4) is 11.4 Å². The quantitative estimate of drug-likeness (QED) is 0.192. The molecule has 3 nitrogen and oxygen atoms in total. The molecule has 0 aliphatic carbocycles. The van der Waals surface area contributed by atoms with Crippen LogP contribution in [0.25, 0.3) is 75.2 Å². The number of benzene rings is 7. The molecule has 1 aliphatic heterocycles. The number of anilines is 3. The number of thiophene rings is 1. The largest absolute Gasteiger partial charge is 0.309 e. The second-order valence-corrected chi connectivity index (χ2v) is 13.2. The Hall–Kier alpha value is -5.84. The van der Waals surface area contributed by atoms with Crippen molar-refractivity contribution in [1.29, 1.82) is 0 Å². The first-order valence-corrected chi connectivity index (χ1v) is 16.5. The van der Waals surface area contributed by atoms with Gasteiger partial charge in [0.1, 0.15) is 0 Å². The third-order valence-electron chi connectivity index (χ3n) is 9.81. The van der Waals surface area contributed by atoms with Crippen LogP contribution in [0, 0.1) is 0 Å². The molecule has 0 N–H and O–H groups in total. The molecule has 11 rings (SSSR count). The van der Waals surface area contributed by atoms with Gasteiger partial charge in [0.05, 0.1) is 49.5 Å². The summed E-state index contributed by atoms with van der Waals surface area (Å²) in [4.78, 5) is 2.50. The number of fused-ring (bicyclic) bond motifs is 12. The molecule has 1 aliphatic rings. The van der Waals surface area contributed by atoms with Crippen LogP contribution >= 0.6 is 11.3 Å². The van der Waals surface area contributed by atoms with Crippen LogP contribution in [0.4, 0.5) is 17.1 Å². The van der Waals surface area contributed by atoms with Crippen molar-refractivity contribution in [2.75, 3.05) is 4.90 Å². The maximum Gasteiger partial charge on any atom is 0.0783 e. The zero-order valence-electron chi connectivity index (χ0n) is 24.7. The fourth-order valence-corrected chi connectivity index (χ4v) is 9.23. The second kappa shape index (κ2) is 8.87. The molecular weight excluding hydrogens is 579 g/mol. The summed E-state index contributed by atoms with van der Waals surface area (Å²) in [5.41, 5.74) is 10.9. The van der Waals surface area contributed by atoms with Crippen molar-refractivity contribution >= 4 is 92.2 Å². The van der Waals surface area contributed by atoms with Crippen LogP contribution in [-0.2, 0) is 0 Å². The maximum absolute atomic E-state index is 2.50. The van der Waals surface area contributed by atoms with Gasteiger partial charge >= 0.3 is 0 Å². The summed E-state index contributed by atoms with van der Waals surface area (Å²) in [5.74, 6) is 0. The molecule has 214 valence electrons. The van der Waals surface area contributed by atoms with Crippen LogP contribution in [0.3, 0.4) is 0 Å². The van der Waals surface area contributed by atoms with Gasteiger partial charge in [-0.05, 0) is 60.7 Å². The lowest BCUT2D eigenvalue weighted by atomic mass is 10.0. The number of para-hydroxylation sites is 5. The summed E-state index contributed by atoms with van der Waals surface area (Å²) >= 11 is 1.89. The maximum atomic E-state index is 2.50. The van der Waals surface area contributed by atoms with E-state index < -0.39 is 0 Å². The topological polar surface area (TPSA) is 13.1 Å². The molecular formula is C42H25N3S. The fourth-order valence-electron chi connectivity index (χ4n) is 8.02. The minimum Gasteiger partial charge on any atom is -0.309 e. The minimum atomic E-state index is 1.18. The molecule has 7 aromatic carbocycles. The van der Waals surface area contributed by atoms with Gasteiger partial charge in [-0.25, -0.2) is 0 Å². The standard InChI is InChI=1S/C42H25N3S/c1-2-12-26(13-3-1)43-31-18-6-4-15-29(31)39-34(43)24-25-35-40(39)30-17-11-21-36-41(30)45(35)33-20-8-7-19-32(33)44(36)37-22-10-16-28-27-14-5-9-23-38(27)46-42(28)37/h1-25H. The highest BCUT2D eigenvalue weighted by Gasteiger charge is 2.31. The molecule has 0 radical (unpaired) electrons. The van der Waals surface area contributed by atoms with Crippen LogP contribution < -0.4 is 4.90 Å². The van der Waals surface area contributed by atoms with E-state index in [4.69, 9.17) is 0 Å². The monoisotopic (exact) mass is 603 g/mol. The van der Waals surface area contributed by atoms with E-state index in [0.29, 0.717) is 0 Å². The smallest absolute Gasteiger partial charge is 0.0783 e. The third-order valence-corrected chi connectivity index (χ3v) is 11.0. The Morgan fingerprint density at radius 1 is 0.370 bits per heavy atom. The Kier molecular flexibility index (Phi) is 4.72. The summed E-state index contributed by atoms with van der Waals surface area (Å²) in [6.45, 7) is 0. The molecule has 0 atom stereocenters. The van der Waals surface area contributed by atoms with E-state index in [1.807, 2.05) is 11.3 Å². The van der Waals surface area contributed by atoms with Gasteiger partial charge in [0.25, 0.3) is 0 Å². The molecule has 3 aromatic heterocycles. The molecule has 10 aromatic rings. The van der Waals surface area contributed by atoms with E-state index in [-0.39, 0.29) is 0 Å². The van der Waals surface area contributed by atoms with Gasteiger partial charge in [-0.1, -0.05) is 91.0 Å². The summed E-state index contributed by atoms with van der Waals surface area (Å²) in [5, 5.41) is 7.78. The Morgan fingerprint density at radius 2 is 0.978 bits per heavy atom. The zero-order chi connectivity index (χ0) is 29.9. The fraction of sp³-hybridized carbons (Fsp3) is 0. The summed E-state index contributed by atoms with van der Waals surface area (Å²) in [6.07, 6.45) is 0. The molecule has 0 saturated heterocycles. The van der Waals surface area contributed by atoms with Crippen LogP contribution in [0.15, 0.2) is 152 Å². The minimum absolute atomic E-state index is 1.18. The van der Waals surface area contributed by atoms with Gasteiger partial charge in [-0.2, -0.15) is 0 Å². The van der Waals surface area contributed by atoms with E-state index in [9.17, 15) is 0 Å². The van der Waals surface area contributed by atoms with Gasteiger partial charge in [0.15, 0.2) is 0 Å². The molecule has 0 saturated carbocycles. The first-order chi connectivity index (χ1) is 22.9. The SMILES string of the molecule is c1ccc(-n2c3ccccc3c3c4c5cccc6c5n(c4ccc32)-c2ccccc2N6c2cccc3c2sc2ccccc23)cc1. The first kappa shape index (κ1) is 24.5. The highest BCUT2D eigenvalue weighted by atomic mass is 32.1. The lowest BCUT2D eigenvalue weighted by Crippen LogP contribution is -2.18. The Balaban J connectivity index is 1.30. The second-order valence-electron chi connectivity index (χ2n) is 12.1. The predicted octanol–water partition coefficient (Wildman–Crippen LogP) is 12.0. The lowest BCUT2D eigenvalue weighted by molar-refractivity contribution is 1.12. The molecule has 0 bridgehead atoms. The van der Waals surface area contributed by atoms with Gasteiger partial charge < -0.3 is 14.0 Å². The molecule has 4 heteroatoms. The number of hydrogen-bond acceptors (Lipinski definition) is 2. The van der Waals surface area contributed by atoms with Crippen molar-refractivity contribution in [3.05, 3.63) is 152 Å². The molecule has 4 heterocycles. The highest BCUT2D eigenvalue weighted by molar-refractivity contribution is 7.26. The van der Waals surface area contributed by atoms with Crippen LogP contribution in [0.1, 0.15) is 0 Å². The highest BCUT2D eigenvalue weighted by Crippen LogP contribution is 2.53. The van der Waals surface area contributed by atoms with E-state index >= 15 is 0 Å². The van der Waals surface area contributed by atoms with E-state index in [1.165, 1.54) is 92.2 Å². The van der Waals surface area contributed by atoms with Crippen molar-refractivity contribution in [2.45, 2.75) is 0 Å². The van der Waals surface area contributed by atoms with Crippen LogP contribution in [-0.4, -0.2) is 9.13 Å². The van der Waals surface area contributed by atoms with E-state index in [2.05, 4.69) is 166 Å². The molecule has 0 unspecified atom stereocenters. The average molecular weight is 604 g/mol. The van der Waals surface area contributed by atoms with Gasteiger partial charge in [0.2, 0.25) is 0 Å². The van der Waals surface area contributed by atoms with Crippen molar-refractivity contribution in [2.24, 2.45) is 0 Å². The van der Waals surface area contributed by atoms with Crippen molar-refractivity contribution < 1.29 is 0 Å². The molecule has 0 amide bonds. The predicted molar refractivity (Wildman–Crippen MR) is 196 cm³/mol. The van der Waals surface area contributed by atoms with E-state index in [1.54, 1.807) is 0 Å². The Labute approximate surface area is 268 Å². The first-order valence-electron chi connectivity index (χ1n) is 15.7. The zero-order valence-corrected chi connectivity index (χ0v) is 25.5. The number of rotatable bonds is 2. The molecule has 0 fully saturated rings. The average Bonchev–Trinajstić information content (AvgIpc) is 3.78. The van der Waals surface area contributed by atoms with Gasteiger partial charge in [0, 0.05) is 42.7 Å². The number of aromatic nitrogens is 2. The number of nitrogens with zero attached hydrogens (tertiary/aromatic N) is 3. The normalized spacial score (nSPS) is 12.7. The van der Waals surface area contributed by atoms with E-state index in [0.717, 1.165) is 0 Å². The van der Waals surface area contributed by atoms with Crippen molar-refractivity contribution in [1.82, 2.24) is 9.13 Å². The number of hydrogen-bond donors (Lipinski definition) is 0. The summed E-state index contributed by atoms with van der Waals surface area (Å²) in [7, 11) is 0. The third kappa shape index (κ3) is 3.02. The van der Waals surface area contributed by atoms with Crippen molar-refractivity contribution in [3.63, 3.8) is 0 Å². The molecule has 0 spiro atoms. The summed E-state index contributed by atoms with van der Waals surface area (Å²) < 4.78 is 7.55. The van der Waals surface area contributed by atoms with Crippen LogP contribution in [0.5, 0.6) is 0 Å². The Bertz CT molecular complexity index is 2870. The lowest BCUT2D eigenvalue weighted by Gasteiger charge is -2.33. The Morgan fingerprint density at radius 3 is 1.85 bits per heavy atom. The molecule has 46 heavy (non-hydrogen) atoms. The van der Waals surface area contributed by atoms with Crippen LogP contribution in [0.2, 0.25) is 0 Å².